The molecule has 4 rings (SSSR count). The molecular weight excluding hydrogens is 392 g/mol. The van der Waals surface area contributed by atoms with Gasteiger partial charge in [-0.2, -0.15) is 0 Å². The van der Waals surface area contributed by atoms with E-state index in [4.69, 9.17) is 25.4 Å². The van der Waals surface area contributed by atoms with Gasteiger partial charge in [0, 0.05) is 34.7 Å². The van der Waals surface area contributed by atoms with Crippen molar-refractivity contribution in [3.63, 3.8) is 0 Å². The number of hydrogen-bond donors (Lipinski definition) is 2. The quantitative estimate of drug-likeness (QED) is 0.276. The number of rotatable bonds is 4. The summed E-state index contributed by atoms with van der Waals surface area (Å²) in [5.74, 6) is 2.06. The van der Waals surface area contributed by atoms with Crippen LogP contribution in [0.3, 0.4) is 0 Å². The first-order valence-electron chi connectivity index (χ1n) is 9.87. The zero-order valence-electron chi connectivity index (χ0n) is 17.7. The molecule has 31 heavy (non-hydrogen) atoms. The van der Waals surface area contributed by atoms with Crippen LogP contribution >= 0.6 is 0 Å². The monoisotopic (exact) mass is 416 g/mol. The van der Waals surface area contributed by atoms with Crippen molar-refractivity contribution in [2.45, 2.75) is 20.8 Å². The van der Waals surface area contributed by atoms with Crippen LogP contribution in [-0.2, 0) is 4.74 Å². The first-order valence-corrected chi connectivity index (χ1v) is 9.87. The fraction of sp³-hybridized carbons (Fsp3) is 0.208. The SMILES string of the molecule is CC(C)(C)COc1ccc2c(c1)C(=COC(=N)N)c1cc(-c3cnccn3)ccc1O2. The number of aromatic nitrogens is 2. The molecule has 0 fully saturated rings. The number of nitrogens with two attached hydrogens (primary N) is 1. The summed E-state index contributed by atoms with van der Waals surface area (Å²) < 4.78 is 17.4. The van der Waals surface area contributed by atoms with E-state index in [1.807, 2.05) is 36.4 Å². The van der Waals surface area contributed by atoms with Gasteiger partial charge in [-0.3, -0.25) is 15.4 Å². The first kappa shape index (κ1) is 20.4. The van der Waals surface area contributed by atoms with Crippen LogP contribution in [0.5, 0.6) is 17.2 Å². The van der Waals surface area contributed by atoms with Crippen LogP contribution in [0.1, 0.15) is 31.9 Å². The van der Waals surface area contributed by atoms with E-state index < -0.39 is 6.02 Å². The Kier molecular flexibility index (Phi) is 5.33. The van der Waals surface area contributed by atoms with Crippen LogP contribution in [0.15, 0.2) is 61.3 Å². The topological polar surface area (TPSA) is 103 Å². The molecule has 1 aliphatic rings. The Morgan fingerprint density at radius 2 is 1.84 bits per heavy atom. The number of fused-ring (bicyclic) bond motifs is 2. The fourth-order valence-electron chi connectivity index (χ4n) is 3.15. The molecule has 0 bridgehead atoms. The molecule has 3 N–H and O–H groups in total. The molecule has 0 atom stereocenters. The van der Waals surface area contributed by atoms with E-state index in [1.54, 1.807) is 18.6 Å². The van der Waals surface area contributed by atoms with Crippen molar-refractivity contribution in [1.82, 2.24) is 9.97 Å². The zero-order chi connectivity index (χ0) is 22.0. The minimum absolute atomic E-state index is 0.0288. The average Bonchev–Trinajstić information content (AvgIpc) is 2.75. The third-order valence-corrected chi connectivity index (χ3v) is 4.57. The normalized spacial score (nSPS) is 13.7. The molecule has 2 aromatic carbocycles. The molecule has 0 aliphatic carbocycles. The van der Waals surface area contributed by atoms with Gasteiger partial charge in [0.2, 0.25) is 0 Å². The van der Waals surface area contributed by atoms with Crippen LogP contribution in [-0.4, -0.2) is 22.6 Å². The third kappa shape index (κ3) is 4.66. The fourth-order valence-corrected chi connectivity index (χ4v) is 3.15. The minimum Gasteiger partial charge on any atom is -0.493 e. The Morgan fingerprint density at radius 3 is 2.52 bits per heavy atom. The summed E-state index contributed by atoms with van der Waals surface area (Å²) in [6.07, 6.45) is 6.45. The van der Waals surface area contributed by atoms with Gasteiger partial charge in [0.1, 0.15) is 23.5 Å². The van der Waals surface area contributed by atoms with E-state index in [9.17, 15) is 0 Å². The number of ether oxygens (including phenoxy) is 3. The van der Waals surface area contributed by atoms with Gasteiger partial charge in [-0.05, 0) is 41.8 Å². The molecule has 0 radical (unpaired) electrons. The molecule has 1 aliphatic heterocycles. The van der Waals surface area contributed by atoms with Gasteiger partial charge in [0.15, 0.2) is 0 Å². The molecule has 0 spiro atoms. The molecule has 7 nitrogen and oxygen atoms in total. The third-order valence-electron chi connectivity index (χ3n) is 4.57. The summed E-state index contributed by atoms with van der Waals surface area (Å²) in [4.78, 5) is 8.52. The lowest BCUT2D eigenvalue weighted by atomic mass is 9.93. The summed E-state index contributed by atoms with van der Waals surface area (Å²) in [6, 6.07) is 11.0. The summed E-state index contributed by atoms with van der Waals surface area (Å²) in [5, 5.41) is 7.47. The molecule has 158 valence electrons. The van der Waals surface area contributed by atoms with Crippen LogP contribution in [0, 0.1) is 10.8 Å². The van der Waals surface area contributed by atoms with Crippen molar-refractivity contribution >= 4 is 11.6 Å². The second kappa shape index (κ2) is 8.10. The molecule has 3 aromatic rings. The largest absolute Gasteiger partial charge is 0.493 e. The number of hydrogen-bond acceptors (Lipinski definition) is 6. The molecule has 2 heterocycles. The Morgan fingerprint density at radius 1 is 1.10 bits per heavy atom. The maximum atomic E-state index is 7.47. The predicted octanol–water partition coefficient (Wildman–Crippen LogP) is 4.97. The van der Waals surface area contributed by atoms with E-state index >= 15 is 0 Å². The average molecular weight is 416 g/mol. The molecule has 0 unspecified atom stereocenters. The van der Waals surface area contributed by atoms with E-state index in [0.717, 1.165) is 33.7 Å². The molecule has 7 heteroatoms. The van der Waals surface area contributed by atoms with Crippen LogP contribution in [0.4, 0.5) is 0 Å². The van der Waals surface area contributed by atoms with Gasteiger partial charge < -0.3 is 19.9 Å². The van der Waals surface area contributed by atoms with Crippen LogP contribution in [0.25, 0.3) is 16.8 Å². The number of amidine groups is 1. The predicted molar refractivity (Wildman–Crippen MR) is 119 cm³/mol. The lowest BCUT2D eigenvalue weighted by Gasteiger charge is -2.25. The van der Waals surface area contributed by atoms with Gasteiger partial charge in [-0.1, -0.05) is 20.8 Å². The maximum Gasteiger partial charge on any atom is 0.284 e. The highest BCUT2D eigenvalue weighted by Crippen LogP contribution is 2.46. The highest BCUT2D eigenvalue weighted by molar-refractivity contribution is 5.90. The standard InChI is InChI=1S/C24H24N4O3/c1-24(2,3)14-30-16-5-7-22-18(11-16)19(13-29-23(25)26)17-10-15(4-6-21(17)31-22)20-12-27-8-9-28-20/h4-13H,14H2,1-3H3,(H3,25,26). The lowest BCUT2D eigenvalue weighted by molar-refractivity contribution is 0.197. The molecule has 0 amide bonds. The zero-order valence-corrected chi connectivity index (χ0v) is 17.7. The Bertz CT molecular complexity index is 1150. The van der Waals surface area contributed by atoms with Gasteiger partial charge in [0.05, 0.1) is 18.5 Å². The van der Waals surface area contributed by atoms with E-state index in [-0.39, 0.29) is 5.41 Å². The number of benzene rings is 2. The van der Waals surface area contributed by atoms with Crippen molar-refractivity contribution in [2.24, 2.45) is 11.1 Å². The number of nitrogens with one attached hydrogen (secondary N) is 1. The summed E-state index contributed by atoms with van der Waals surface area (Å²) >= 11 is 0. The number of nitrogens with zero attached hydrogens (tertiary/aromatic N) is 2. The molecule has 0 saturated carbocycles. The molecule has 1 aromatic heterocycles. The smallest absolute Gasteiger partial charge is 0.284 e. The van der Waals surface area contributed by atoms with Crippen molar-refractivity contribution < 1.29 is 14.2 Å². The highest BCUT2D eigenvalue weighted by atomic mass is 16.5. The van der Waals surface area contributed by atoms with Gasteiger partial charge >= 0.3 is 0 Å². The maximum absolute atomic E-state index is 7.47. The van der Waals surface area contributed by atoms with Crippen LogP contribution in [0.2, 0.25) is 0 Å². The Balaban J connectivity index is 1.78. The Labute approximate surface area is 181 Å². The van der Waals surface area contributed by atoms with Crippen molar-refractivity contribution in [3.8, 4) is 28.5 Å². The van der Waals surface area contributed by atoms with E-state index in [0.29, 0.717) is 18.1 Å². The van der Waals surface area contributed by atoms with E-state index in [2.05, 4.69) is 30.7 Å². The second-order valence-electron chi connectivity index (χ2n) is 8.42. The van der Waals surface area contributed by atoms with Crippen molar-refractivity contribution in [1.29, 1.82) is 5.41 Å². The summed E-state index contributed by atoms with van der Waals surface area (Å²) in [6.45, 7) is 6.92. The van der Waals surface area contributed by atoms with Crippen LogP contribution < -0.4 is 15.2 Å². The highest BCUT2D eigenvalue weighted by Gasteiger charge is 2.24. The van der Waals surface area contributed by atoms with Crippen molar-refractivity contribution in [3.05, 3.63) is 72.4 Å². The first-order chi connectivity index (χ1) is 14.8. The van der Waals surface area contributed by atoms with Gasteiger partial charge in [-0.25, -0.2) is 0 Å². The van der Waals surface area contributed by atoms with Crippen molar-refractivity contribution in [2.75, 3.05) is 6.61 Å². The second-order valence-corrected chi connectivity index (χ2v) is 8.42. The summed E-state index contributed by atoms with van der Waals surface area (Å²) in [7, 11) is 0. The molecular formula is C24H24N4O3. The summed E-state index contributed by atoms with van der Waals surface area (Å²) in [5.41, 5.74) is 9.41. The molecule has 0 saturated heterocycles. The van der Waals surface area contributed by atoms with E-state index in [1.165, 1.54) is 6.26 Å². The Hall–Kier alpha value is -3.87. The minimum atomic E-state index is -0.396. The van der Waals surface area contributed by atoms with Gasteiger partial charge in [-0.15, -0.1) is 0 Å². The van der Waals surface area contributed by atoms with Gasteiger partial charge in [0.25, 0.3) is 6.02 Å². The lowest BCUT2D eigenvalue weighted by Crippen LogP contribution is -2.17.